The molecule has 3 unspecified atom stereocenters. The molecule has 2 aliphatic carbocycles. The normalized spacial score (nSPS) is 18.6. The minimum absolute atomic E-state index is 0.0258. The maximum Gasteiger partial charge on any atom is 0.309 e. The number of benzene rings is 1. The van der Waals surface area contributed by atoms with Crippen LogP contribution in [0.3, 0.4) is 0 Å². The molecule has 0 aliphatic heterocycles. The molecule has 7 nitrogen and oxygen atoms in total. The fourth-order valence-electron chi connectivity index (χ4n) is 6.75. The first-order valence-corrected chi connectivity index (χ1v) is 16.5. The van der Waals surface area contributed by atoms with E-state index < -0.39 is 11.5 Å². The summed E-state index contributed by atoms with van der Waals surface area (Å²) in [5.74, 6) is -1.05. The monoisotopic (exact) mass is 594 g/mol. The third-order valence-corrected chi connectivity index (χ3v) is 9.26. The van der Waals surface area contributed by atoms with E-state index in [9.17, 15) is 19.5 Å². The van der Waals surface area contributed by atoms with Crippen LogP contribution in [0.25, 0.3) is 0 Å². The van der Waals surface area contributed by atoms with E-state index in [1.807, 2.05) is 36.4 Å². The lowest BCUT2D eigenvalue weighted by atomic mass is 9.84. The average Bonchev–Trinajstić information content (AvgIpc) is 3.48. The maximum absolute atomic E-state index is 13.6. The second-order valence-corrected chi connectivity index (χ2v) is 12.8. The number of carbonyl (C=O) groups is 3. The van der Waals surface area contributed by atoms with Crippen LogP contribution in [0.15, 0.2) is 55.6 Å². The van der Waals surface area contributed by atoms with Crippen LogP contribution in [0.5, 0.6) is 0 Å². The van der Waals surface area contributed by atoms with E-state index in [0.717, 1.165) is 63.4 Å². The molecule has 238 valence electrons. The van der Waals surface area contributed by atoms with Crippen molar-refractivity contribution in [1.29, 1.82) is 0 Å². The highest BCUT2D eigenvalue weighted by molar-refractivity contribution is 5.86. The van der Waals surface area contributed by atoms with Gasteiger partial charge in [-0.15, -0.1) is 13.2 Å². The first-order valence-electron chi connectivity index (χ1n) is 16.5. The minimum atomic E-state index is -0.580. The summed E-state index contributed by atoms with van der Waals surface area (Å²) in [6.45, 7) is 7.65. The van der Waals surface area contributed by atoms with Crippen molar-refractivity contribution in [3.8, 4) is 0 Å². The lowest BCUT2D eigenvalue weighted by molar-refractivity contribution is -0.150. The third kappa shape index (κ3) is 11.9. The van der Waals surface area contributed by atoms with E-state index in [-0.39, 0.29) is 49.4 Å². The Morgan fingerprint density at radius 2 is 1.72 bits per heavy atom. The van der Waals surface area contributed by atoms with Gasteiger partial charge in [0.1, 0.15) is 6.61 Å². The summed E-state index contributed by atoms with van der Waals surface area (Å²) in [4.78, 5) is 39.9. The highest BCUT2D eigenvalue weighted by atomic mass is 16.5. The fraction of sp³-hybridized carbons (Fsp3) is 0.639. The summed E-state index contributed by atoms with van der Waals surface area (Å²) in [7, 11) is 0. The zero-order valence-corrected chi connectivity index (χ0v) is 26.1. The summed E-state index contributed by atoms with van der Waals surface area (Å²) in [6.07, 6.45) is 17.0. The summed E-state index contributed by atoms with van der Waals surface area (Å²) >= 11 is 0. The van der Waals surface area contributed by atoms with Crippen LogP contribution < -0.4 is 10.6 Å². The molecule has 2 aliphatic rings. The summed E-state index contributed by atoms with van der Waals surface area (Å²) in [5, 5.41) is 16.1. The largest absolute Gasteiger partial charge is 0.463 e. The Balaban J connectivity index is 1.65. The Morgan fingerprint density at radius 3 is 2.37 bits per heavy atom. The number of aliphatic hydroxyl groups excluding tert-OH is 1. The van der Waals surface area contributed by atoms with Crippen LogP contribution in [-0.2, 0) is 25.5 Å². The van der Waals surface area contributed by atoms with Gasteiger partial charge in [-0.3, -0.25) is 14.4 Å². The number of ether oxygens (including phenoxy) is 1. The predicted octanol–water partition coefficient (Wildman–Crippen LogP) is 6.20. The SMILES string of the molecule is C=CCCCC(Cc1ccccc1)C(=O)OCC(CC1CCCCC1)NC(=O)C(CC=C)CC(=O)NC1(CO)CCCC1. The number of amides is 2. The summed E-state index contributed by atoms with van der Waals surface area (Å²) in [6, 6.07) is 9.67. The quantitative estimate of drug-likeness (QED) is 0.100. The smallest absolute Gasteiger partial charge is 0.309 e. The molecule has 1 aromatic rings. The topological polar surface area (TPSA) is 105 Å². The van der Waals surface area contributed by atoms with Crippen LogP contribution in [0.4, 0.5) is 0 Å². The van der Waals surface area contributed by atoms with Crippen molar-refractivity contribution < 1.29 is 24.2 Å². The molecule has 2 saturated carbocycles. The molecule has 0 spiro atoms. The standard InChI is InChI=1S/C36H54N2O5/c1-3-5-8-20-31(23-28-16-9-6-10-17-28)35(42)43-26-32(24-29-18-11-7-12-19-29)37-34(41)30(15-4-2)25-33(40)38-36(27-39)21-13-14-22-36/h3-4,6,9-10,16-17,29-32,39H,1-2,5,7-8,11-15,18-27H2,(H,37,41)(H,38,40). The van der Waals surface area contributed by atoms with Gasteiger partial charge in [0.2, 0.25) is 11.8 Å². The third-order valence-electron chi connectivity index (χ3n) is 9.26. The molecule has 43 heavy (non-hydrogen) atoms. The fourth-order valence-corrected chi connectivity index (χ4v) is 6.75. The number of unbranched alkanes of at least 4 members (excludes halogenated alkanes) is 1. The zero-order valence-electron chi connectivity index (χ0n) is 26.1. The van der Waals surface area contributed by atoms with Crippen LogP contribution in [-0.4, -0.2) is 47.7 Å². The van der Waals surface area contributed by atoms with Gasteiger partial charge in [0, 0.05) is 6.42 Å². The van der Waals surface area contributed by atoms with Crippen LogP contribution in [0.1, 0.15) is 102 Å². The molecule has 3 atom stereocenters. The molecular weight excluding hydrogens is 540 g/mol. The van der Waals surface area contributed by atoms with Gasteiger partial charge >= 0.3 is 5.97 Å². The van der Waals surface area contributed by atoms with Crippen molar-refractivity contribution in [3.05, 3.63) is 61.2 Å². The Hall–Kier alpha value is -2.93. The van der Waals surface area contributed by atoms with E-state index in [2.05, 4.69) is 23.8 Å². The Bertz CT molecular complexity index is 1010. The Morgan fingerprint density at radius 1 is 1.00 bits per heavy atom. The first-order chi connectivity index (χ1) is 20.9. The molecule has 0 saturated heterocycles. The van der Waals surface area contributed by atoms with Gasteiger partial charge < -0.3 is 20.5 Å². The van der Waals surface area contributed by atoms with E-state index in [0.29, 0.717) is 25.2 Å². The molecular formula is C36H54N2O5. The molecule has 1 aromatic carbocycles. The average molecular weight is 595 g/mol. The Kier molecular flexibility index (Phi) is 15.0. The Labute approximate surface area is 258 Å². The van der Waals surface area contributed by atoms with E-state index in [1.54, 1.807) is 6.08 Å². The van der Waals surface area contributed by atoms with Gasteiger partial charge in [-0.25, -0.2) is 0 Å². The van der Waals surface area contributed by atoms with Crippen LogP contribution in [0, 0.1) is 17.8 Å². The second-order valence-electron chi connectivity index (χ2n) is 12.8. The van der Waals surface area contributed by atoms with Crippen molar-refractivity contribution >= 4 is 17.8 Å². The molecule has 0 radical (unpaired) electrons. The van der Waals surface area contributed by atoms with Crippen molar-refractivity contribution in [2.75, 3.05) is 13.2 Å². The van der Waals surface area contributed by atoms with Crippen molar-refractivity contribution in [3.63, 3.8) is 0 Å². The van der Waals surface area contributed by atoms with Gasteiger partial charge in [-0.2, -0.15) is 0 Å². The van der Waals surface area contributed by atoms with E-state index in [4.69, 9.17) is 4.74 Å². The molecule has 3 rings (SSSR count). The molecule has 7 heteroatoms. The summed E-state index contributed by atoms with van der Waals surface area (Å²) in [5.41, 5.74) is 0.521. The highest BCUT2D eigenvalue weighted by Crippen LogP contribution is 2.30. The predicted molar refractivity (Wildman–Crippen MR) is 171 cm³/mol. The molecule has 0 bridgehead atoms. The maximum atomic E-state index is 13.6. The van der Waals surface area contributed by atoms with Gasteiger partial charge in [0.05, 0.1) is 30.0 Å². The number of aliphatic hydroxyl groups is 1. The van der Waals surface area contributed by atoms with Crippen LogP contribution in [0.2, 0.25) is 0 Å². The lowest BCUT2D eigenvalue weighted by Crippen LogP contribution is -2.50. The lowest BCUT2D eigenvalue weighted by Gasteiger charge is -2.30. The molecule has 3 N–H and O–H groups in total. The van der Waals surface area contributed by atoms with Gasteiger partial charge in [0.15, 0.2) is 0 Å². The van der Waals surface area contributed by atoms with Crippen molar-refractivity contribution in [2.45, 2.75) is 114 Å². The minimum Gasteiger partial charge on any atom is -0.463 e. The number of hydrogen-bond donors (Lipinski definition) is 3. The number of allylic oxidation sites excluding steroid dienone is 2. The molecule has 0 heterocycles. The zero-order chi connectivity index (χ0) is 30.9. The number of rotatable bonds is 19. The van der Waals surface area contributed by atoms with Crippen molar-refractivity contribution in [1.82, 2.24) is 10.6 Å². The number of carbonyl (C=O) groups excluding carboxylic acids is 3. The molecule has 0 aromatic heterocycles. The number of nitrogens with one attached hydrogen (secondary N) is 2. The van der Waals surface area contributed by atoms with Gasteiger partial charge in [0.25, 0.3) is 0 Å². The molecule has 2 amide bonds. The van der Waals surface area contributed by atoms with Gasteiger partial charge in [-0.1, -0.05) is 87.4 Å². The second kappa shape index (κ2) is 18.7. The van der Waals surface area contributed by atoms with Crippen molar-refractivity contribution in [2.24, 2.45) is 17.8 Å². The van der Waals surface area contributed by atoms with E-state index in [1.165, 1.54) is 19.3 Å². The number of hydrogen-bond acceptors (Lipinski definition) is 5. The summed E-state index contributed by atoms with van der Waals surface area (Å²) < 4.78 is 5.94. The first kappa shape index (κ1) is 34.6. The molecule has 2 fully saturated rings. The van der Waals surface area contributed by atoms with Crippen LogP contribution >= 0.6 is 0 Å². The highest BCUT2D eigenvalue weighted by Gasteiger charge is 2.36. The number of esters is 1. The van der Waals surface area contributed by atoms with E-state index >= 15 is 0 Å². The van der Waals surface area contributed by atoms with Gasteiger partial charge in [-0.05, 0) is 62.8 Å².